The molecule has 142 valence electrons. The normalized spacial score (nSPS) is 16.2. The number of ether oxygens (including phenoxy) is 3. The Bertz CT molecular complexity index is 835. The van der Waals surface area contributed by atoms with Gasteiger partial charge in [-0.15, -0.1) is 0 Å². The zero-order valence-corrected chi connectivity index (χ0v) is 15.5. The van der Waals surface area contributed by atoms with Gasteiger partial charge in [0.05, 0.1) is 32.9 Å². The lowest BCUT2D eigenvalue weighted by atomic mass is 10.1. The van der Waals surface area contributed by atoms with E-state index >= 15 is 0 Å². The Labute approximate surface area is 157 Å². The van der Waals surface area contributed by atoms with E-state index in [0.717, 1.165) is 0 Å². The third-order valence-electron chi connectivity index (χ3n) is 4.53. The maximum Gasteiger partial charge on any atom is 0.229 e. The summed E-state index contributed by atoms with van der Waals surface area (Å²) in [5, 5.41) is 2.85. The van der Waals surface area contributed by atoms with Crippen molar-refractivity contribution in [3.05, 3.63) is 42.5 Å². The first-order chi connectivity index (χ1) is 13.0. The van der Waals surface area contributed by atoms with Gasteiger partial charge >= 0.3 is 0 Å². The molecule has 2 aromatic rings. The van der Waals surface area contributed by atoms with E-state index < -0.39 is 5.92 Å². The molecule has 1 heterocycles. The minimum atomic E-state index is -0.449. The maximum absolute atomic E-state index is 12.6. The molecule has 1 aliphatic rings. The van der Waals surface area contributed by atoms with Gasteiger partial charge in [0.25, 0.3) is 0 Å². The first-order valence-corrected chi connectivity index (χ1v) is 8.53. The Kier molecular flexibility index (Phi) is 5.49. The van der Waals surface area contributed by atoms with E-state index in [1.54, 1.807) is 68.7 Å². The van der Waals surface area contributed by atoms with Gasteiger partial charge in [-0.2, -0.15) is 0 Å². The molecule has 0 bridgehead atoms. The van der Waals surface area contributed by atoms with Crippen LogP contribution in [0.5, 0.6) is 17.2 Å². The van der Waals surface area contributed by atoms with Crippen LogP contribution in [0.4, 0.5) is 11.4 Å². The minimum absolute atomic E-state index is 0.128. The van der Waals surface area contributed by atoms with E-state index in [-0.39, 0.29) is 24.8 Å². The minimum Gasteiger partial charge on any atom is -0.497 e. The van der Waals surface area contributed by atoms with Crippen molar-refractivity contribution in [1.29, 1.82) is 0 Å². The molecule has 27 heavy (non-hydrogen) atoms. The van der Waals surface area contributed by atoms with Gasteiger partial charge in [-0.25, -0.2) is 0 Å². The third kappa shape index (κ3) is 3.97. The summed E-state index contributed by atoms with van der Waals surface area (Å²) in [6.07, 6.45) is 0.141. The molecule has 1 fully saturated rings. The van der Waals surface area contributed by atoms with Crippen LogP contribution in [0.25, 0.3) is 0 Å². The van der Waals surface area contributed by atoms with Crippen molar-refractivity contribution < 1.29 is 23.8 Å². The highest BCUT2D eigenvalue weighted by atomic mass is 16.5. The number of carbonyl (C=O) groups is 2. The van der Waals surface area contributed by atoms with Crippen molar-refractivity contribution in [2.75, 3.05) is 38.1 Å². The molecule has 1 aliphatic heterocycles. The Morgan fingerprint density at radius 2 is 1.67 bits per heavy atom. The second kappa shape index (κ2) is 7.99. The van der Waals surface area contributed by atoms with Gasteiger partial charge < -0.3 is 24.4 Å². The number of nitrogens with zero attached hydrogens (tertiary/aromatic N) is 1. The highest BCUT2D eigenvalue weighted by molar-refractivity contribution is 6.04. The number of methoxy groups -OCH3 is 3. The summed E-state index contributed by atoms with van der Waals surface area (Å²) >= 11 is 0. The van der Waals surface area contributed by atoms with Gasteiger partial charge in [-0.05, 0) is 36.4 Å². The molecule has 1 atom stereocenters. The van der Waals surface area contributed by atoms with Gasteiger partial charge in [0, 0.05) is 24.7 Å². The number of rotatable bonds is 6. The molecule has 0 saturated carbocycles. The number of nitrogens with one attached hydrogen (secondary N) is 1. The molecular weight excluding hydrogens is 348 g/mol. The van der Waals surface area contributed by atoms with Crippen LogP contribution in [-0.2, 0) is 9.59 Å². The molecule has 2 aromatic carbocycles. The largest absolute Gasteiger partial charge is 0.497 e. The van der Waals surface area contributed by atoms with Crippen molar-refractivity contribution in [1.82, 2.24) is 0 Å². The molecule has 7 heteroatoms. The van der Waals surface area contributed by atoms with Gasteiger partial charge in [0.1, 0.15) is 17.2 Å². The molecule has 7 nitrogen and oxygen atoms in total. The maximum atomic E-state index is 12.6. The zero-order valence-electron chi connectivity index (χ0n) is 15.5. The van der Waals surface area contributed by atoms with Crippen LogP contribution < -0.4 is 24.4 Å². The van der Waals surface area contributed by atoms with Crippen molar-refractivity contribution in [2.45, 2.75) is 6.42 Å². The van der Waals surface area contributed by atoms with Crippen molar-refractivity contribution >= 4 is 23.2 Å². The van der Waals surface area contributed by atoms with E-state index in [0.29, 0.717) is 28.6 Å². The Morgan fingerprint density at radius 3 is 2.30 bits per heavy atom. The number of hydrogen-bond acceptors (Lipinski definition) is 5. The molecule has 2 amide bonds. The molecule has 0 aromatic heterocycles. The average Bonchev–Trinajstić information content (AvgIpc) is 3.09. The van der Waals surface area contributed by atoms with Gasteiger partial charge in [-0.3, -0.25) is 9.59 Å². The molecule has 0 aliphatic carbocycles. The van der Waals surface area contributed by atoms with Gasteiger partial charge in [0.2, 0.25) is 11.8 Å². The predicted molar refractivity (Wildman–Crippen MR) is 102 cm³/mol. The van der Waals surface area contributed by atoms with E-state index in [1.807, 2.05) is 0 Å². The van der Waals surface area contributed by atoms with Crippen LogP contribution in [0.3, 0.4) is 0 Å². The van der Waals surface area contributed by atoms with E-state index in [4.69, 9.17) is 14.2 Å². The second-order valence-corrected chi connectivity index (χ2v) is 6.16. The highest BCUT2D eigenvalue weighted by Gasteiger charge is 2.36. The van der Waals surface area contributed by atoms with Crippen LogP contribution in [-0.4, -0.2) is 39.7 Å². The van der Waals surface area contributed by atoms with E-state index in [2.05, 4.69) is 5.32 Å². The molecular formula is C20H22N2O5. The summed E-state index contributed by atoms with van der Waals surface area (Å²) in [5.41, 5.74) is 1.26. The Hall–Kier alpha value is -3.22. The van der Waals surface area contributed by atoms with Gasteiger partial charge in [0.15, 0.2) is 0 Å². The number of anilines is 2. The lowest BCUT2D eigenvalue weighted by Crippen LogP contribution is -2.28. The van der Waals surface area contributed by atoms with Gasteiger partial charge in [-0.1, -0.05) is 0 Å². The van der Waals surface area contributed by atoms with Crippen molar-refractivity contribution in [3.63, 3.8) is 0 Å². The Morgan fingerprint density at radius 1 is 1.00 bits per heavy atom. The molecule has 0 spiro atoms. The summed E-state index contributed by atoms with van der Waals surface area (Å²) < 4.78 is 15.7. The number of amides is 2. The van der Waals surface area contributed by atoms with Crippen LogP contribution in [0.2, 0.25) is 0 Å². The zero-order chi connectivity index (χ0) is 19.4. The first-order valence-electron chi connectivity index (χ1n) is 8.53. The van der Waals surface area contributed by atoms with Crippen LogP contribution in [0, 0.1) is 5.92 Å². The topological polar surface area (TPSA) is 77.1 Å². The van der Waals surface area contributed by atoms with Crippen LogP contribution in [0.1, 0.15) is 6.42 Å². The number of carbonyl (C=O) groups excluding carboxylic acids is 2. The quantitative estimate of drug-likeness (QED) is 0.846. The second-order valence-electron chi connectivity index (χ2n) is 6.16. The monoisotopic (exact) mass is 370 g/mol. The highest BCUT2D eigenvalue weighted by Crippen LogP contribution is 2.36. The van der Waals surface area contributed by atoms with E-state index in [9.17, 15) is 9.59 Å². The summed E-state index contributed by atoms with van der Waals surface area (Å²) in [6.45, 7) is 0.282. The number of hydrogen-bond donors (Lipinski definition) is 1. The van der Waals surface area contributed by atoms with Crippen LogP contribution in [0.15, 0.2) is 42.5 Å². The molecule has 0 radical (unpaired) electrons. The molecule has 3 rings (SSSR count). The summed E-state index contributed by atoms with van der Waals surface area (Å²) in [4.78, 5) is 26.7. The van der Waals surface area contributed by atoms with Crippen LogP contribution >= 0.6 is 0 Å². The Balaban J connectivity index is 1.74. The SMILES string of the molecule is COc1ccc(NC(=O)C2CC(=O)N(c3cc(OC)ccc3OC)C2)cc1. The fraction of sp³-hybridized carbons (Fsp3) is 0.300. The molecule has 1 N–H and O–H groups in total. The predicted octanol–water partition coefficient (Wildman–Crippen LogP) is 2.70. The summed E-state index contributed by atoms with van der Waals surface area (Å²) in [5.74, 6) is 1.11. The summed E-state index contributed by atoms with van der Waals surface area (Å²) in [6, 6.07) is 12.3. The lowest BCUT2D eigenvalue weighted by molar-refractivity contribution is -0.122. The molecule has 1 unspecified atom stereocenters. The third-order valence-corrected chi connectivity index (χ3v) is 4.53. The fourth-order valence-corrected chi connectivity index (χ4v) is 3.04. The van der Waals surface area contributed by atoms with E-state index in [1.165, 1.54) is 0 Å². The fourth-order valence-electron chi connectivity index (χ4n) is 3.04. The standard InChI is InChI=1S/C20H22N2O5/c1-25-15-6-4-14(5-7-15)21-20(24)13-10-19(23)22(12-13)17-11-16(26-2)8-9-18(17)27-3/h4-9,11,13H,10,12H2,1-3H3,(H,21,24). The summed E-state index contributed by atoms with van der Waals surface area (Å²) in [7, 11) is 4.68. The number of benzene rings is 2. The lowest BCUT2D eigenvalue weighted by Gasteiger charge is -2.20. The molecule has 1 saturated heterocycles. The smallest absolute Gasteiger partial charge is 0.229 e. The first kappa shape index (κ1) is 18.6. The van der Waals surface area contributed by atoms with Crippen molar-refractivity contribution in [2.24, 2.45) is 5.92 Å². The van der Waals surface area contributed by atoms with Crippen molar-refractivity contribution in [3.8, 4) is 17.2 Å². The average molecular weight is 370 g/mol.